The number of esters is 1. The molecule has 0 aromatic rings. The van der Waals surface area contributed by atoms with E-state index in [9.17, 15) is 4.79 Å². The second-order valence-electron chi connectivity index (χ2n) is 4.62. The molecule has 0 radical (unpaired) electrons. The van der Waals surface area contributed by atoms with E-state index in [0.29, 0.717) is 18.5 Å². The number of methoxy groups -OCH3 is 1. The van der Waals surface area contributed by atoms with Gasteiger partial charge in [-0.3, -0.25) is 9.69 Å². The van der Waals surface area contributed by atoms with Crippen molar-refractivity contribution >= 4 is 5.97 Å². The normalized spacial score (nSPS) is 29.9. The fraction of sp³-hybridized carbons (Fsp3) is 0.909. The second-order valence-corrected chi connectivity index (χ2v) is 4.62. The zero-order valence-corrected chi connectivity index (χ0v) is 9.90. The highest BCUT2D eigenvalue weighted by molar-refractivity contribution is 5.75. The van der Waals surface area contributed by atoms with Gasteiger partial charge in [0.1, 0.15) is 6.04 Å². The SMILES string of the molecule is COC(=O)C(N)CN1CC(C)CCC1C. The smallest absolute Gasteiger partial charge is 0.323 e. The van der Waals surface area contributed by atoms with Crippen LogP contribution in [0.4, 0.5) is 0 Å². The number of piperidine rings is 1. The van der Waals surface area contributed by atoms with Crippen molar-refractivity contribution in [3.05, 3.63) is 0 Å². The minimum absolute atomic E-state index is 0.319. The van der Waals surface area contributed by atoms with E-state index in [2.05, 4.69) is 23.5 Å². The summed E-state index contributed by atoms with van der Waals surface area (Å²) >= 11 is 0. The van der Waals surface area contributed by atoms with Crippen molar-refractivity contribution in [1.82, 2.24) is 4.90 Å². The molecule has 3 atom stereocenters. The summed E-state index contributed by atoms with van der Waals surface area (Å²) in [5.41, 5.74) is 5.75. The maximum Gasteiger partial charge on any atom is 0.323 e. The highest BCUT2D eigenvalue weighted by Gasteiger charge is 2.26. The molecule has 0 aromatic heterocycles. The quantitative estimate of drug-likeness (QED) is 0.699. The van der Waals surface area contributed by atoms with Gasteiger partial charge >= 0.3 is 5.97 Å². The van der Waals surface area contributed by atoms with Crippen LogP contribution < -0.4 is 5.73 Å². The Hall–Kier alpha value is -0.610. The number of likely N-dealkylation sites (tertiary alicyclic amines) is 1. The standard InChI is InChI=1S/C11H22N2O2/c1-8-4-5-9(2)13(6-8)7-10(12)11(14)15-3/h8-10H,4-7,12H2,1-3H3. The van der Waals surface area contributed by atoms with Gasteiger partial charge in [0.25, 0.3) is 0 Å². The van der Waals surface area contributed by atoms with Crippen molar-refractivity contribution in [2.75, 3.05) is 20.2 Å². The summed E-state index contributed by atoms with van der Waals surface area (Å²) in [5.74, 6) is 0.381. The van der Waals surface area contributed by atoms with E-state index < -0.39 is 6.04 Å². The highest BCUT2D eigenvalue weighted by Crippen LogP contribution is 2.21. The third-order valence-corrected chi connectivity index (χ3v) is 3.18. The molecule has 1 aliphatic rings. The molecule has 15 heavy (non-hydrogen) atoms. The molecular formula is C11H22N2O2. The van der Waals surface area contributed by atoms with E-state index in [0.717, 1.165) is 6.54 Å². The van der Waals surface area contributed by atoms with Crippen molar-refractivity contribution < 1.29 is 9.53 Å². The Bertz CT molecular complexity index is 221. The summed E-state index contributed by atoms with van der Waals surface area (Å²) < 4.78 is 4.63. The van der Waals surface area contributed by atoms with Crippen LogP contribution in [0.5, 0.6) is 0 Å². The zero-order valence-electron chi connectivity index (χ0n) is 9.90. The number of nitrogens with zero attached hydrogens (tertiary/aromatic N) is 1. The molecule has 1 rings (SSSR count). The minimum Gasteiger partial charge on any atom is -0.468 e. The third kappa shape index (κ3) is 3.47. The number of hydrogen-bond acceptors (Lipinski definition) is 4. The monoisotopic (exact) mass is 214 g/mol. The molecule has 3 unspecified atom stereocenters. The number of carbonyl (C=O) groups is 1. The first-order valence-electron chi connectivity index (χ1n) is 5.62. The fourth-order valence-electron chi connectivity index (χ4n) is 2.11. The van der Waals surface area contributed by atoms with Gasteiger partial charge in [0.2, 0.25) is 0 Å². The van der Waals surface area contributed by atoms with Gasteiger partial charge < -0.3 is 10.5 Å². The molecule has 4 heteroatoms. The summed E-state index contributed by atoms with van der Waals surface area (Å²) in [6, 6.07) is 0.0136. The molecule has 2 N–H and O–H groups in total. The van der Waals surface area contributed by atoms with Crippen LogP contribution >= 0.6 is 0 Å². The molecular weight excluding hydrogens is 192 g/mol. The Morgan fingerprint density at radius 2 is 2.20 bits per heavy atom. The van der Waals surface area contributed by atoms with Gasteiger partial charge in [0.15, 0.2) is 0 Å². The van der Waals surface area contributed by atoms with E-state index >= 15 is 0 Å². The van der Waals surface area contributed by atoms with Crippen LogP contribution in [0.3, 0.4) is 0 Å². The number of carbonyl (C=O) groups excluding carboxylic acids is 1. The van der Waals surface area contributed by atoms with Gasteiger partial charge in [-0.25, -0.2) is 0 Å². The van der Waals surface area contributed by atoms with Gasteiger partial charge in [0, 0.05) is 19.1 Å². The van der Waals surface area contributed by atoms with Crippen molar-refractivity contribution in [3.8, 4) is 0 Å². The van der Waals surface area contributed by atoms with Crippen LogP contribution in [-0.4, -0.2) is 43.2 Å². The predicted octanol–water partition coefficient (Wildman–Crippen LogP) is 0.607. The molecule has 0 saturated carbocycles. The average molecular weight is 214 g/mol. The topological polar surface area (TPSA) is 55.6 Å². The van der Waals surface area contributed by atoms with Gasteiger partial charge in [-0.15, -0.1) is 0 Å². The lowest BCUT2D eigenvalue weighted by molar-refractivity contribution is -0.142. The largest absolute Gasteiger partial charge is 0.468 e. The Morgan fingerprint density at radius 3 is 2.80 bits per heavy atom. The van der Waals surface area contributed by atoms with E-state index in [4.69, 9.17) is 5.73 Å². The first-order chi connectivity index (χ1) is 7.04. The first-order valence-corrected chi connectivity index (χ1v) is 5.62. The van der Waals surface area contributed by atoms with E-state index in [-0.39, 0.29) is 5.97 Å². The van der Waals surface area contributed by atoms with Crippen LogP contribution in [0.25, 0.3) is 0 Å². The van der Waals surface area contributed by atoms with Gasteiger partial charge in [-0.05, 0) is 25.7 Å². The van der Waals surface area contributed by atoms with E-state index in [1.807, 2.05) is 0 Å². The summed E-state index contributed by atoms with van der Waals surface area (Å²) in [4.78, 5) is 13.5. The van der Waals surface area contributed by atoms with Crippen LogP contribution in [0.2, 0.25) is 0 Å². The molecule has 0 spiro atoms. The molecule has 0 aliphatic carbocycles. The van der Waals surface area contributed by atoms with Gasteiger partial charge in [-0.2, -0.15) is 0 Å². The lowest BCUT2D eigenvalue weighted by atomic mass is 9.94. The highest BCUT2D eigenvalue weighted by atomic mass is 16.5. The first kappa shape index (κ1) is 12.5. The maximum atomic E-state index is 11.2. The Labute approximate surface area is 91.8 Å². The fourth-order valence-corrected chi connectivity index (χ4v) is 2.11. The van der Waals surface area contributed by atoms with Gasteiger partial charge in [-0.1, -0.05) is 6.92 Å². The van der Waals surface area contributed by atoms with Crippen LogP contribution in [0, 0.1) is 5.92 Å². The van der Waals surface area contributed by atoms with E-state index in [1.54, 1.807) is 0 Å². The summed E-state index contributed by atoms with van der Waals surface area (Å²) in [7, 11) is 1.38. The Balaban J connectivity index is 2.45. The molecule has 1 saturated heterocycles. The average Bonchev–Trinajstić information content (AvgIpc) is 2.22. The predicted molar refractivity (Wildman–Crippen MR) is 59.4 cm³/mol. The van der Waals surface area contributed by atoms with Gasteiger partial charge in [0.05, 0.1) is 7.11 Å². The molecule has 1 heterocycles. The minimum atomic E-state index is -0.511. The lowest BCUT2D eigenvalue weighted by Gasteiger charge is -2.37. The molecule has 1 fully saturated rings. The number of rotatable bonds is 3. The van der Waals surface area contributed by atoms with Crippen molar-refractivity contribution in [1.29, 1.82) is 0 Å². The second kappa shape index (κ2) is 5.47. The van der Waals surface area contributed by atoms with Crippen molar-refractivity contribution in [3.63, 3.8) is 0 Å². The van der Waals surface area contributed by atoms with Crippen molar-refractivity contribution in [2.24, 2.45) is 11.7 Å². The third-order valence-electron chi connectivity index (χ3n) is 3.18. The van der Waals surface area contributed by atoms with Crippen LogP contribution in [-0.2, 0) is 9.53 Å². The lowest BCUT2D eigenvalue weighted by Crippen LogP contribution is -2.49. The number of hydrogen-bond donors (Lipinski definition) is 1. The van der Waals surface area contributed by atoms with Crippen molar-refractivity contribution in [2.45, 2.75) is 38.8 Å². The number of nitrogens with two attached hydrogens (primary N) is 1. The Kier molecular flexibility index (Phi) is 4.54. The molecule has 88 valence electrons. The zero-order chi connectivity index (χ0) is 11.4. The molecule has 0 bridgehead atoms. The van der Waals surface area contributed by atoms with Crippen LogP contribution in [0.1, 0.15) is 26.7 Å². The molecule has 0 amide bonds. The van der Waals surface area contributed by atoms with E-state index in [1.165, 1.54) is 20.0 Å². The van der Waals surface area contributed by atoms with Crippen LogP contribution in [0.15, 0.2) is 0 Å². The molecule has 0 aromatic carbocycles. The number of ether oxygens (including phenoxy) is 1. The summed E-state index contributed by atoms with van der Waals surface area (Å²) in [5, 5.41) is 0. The molecule has 4 nitrogen and oxygen atoms in total. The summed E-state index contributed by atoms with van der Waals surface area (Å²) in [6.45, 7) is 6.07. The maximum absolute atomic E-state index is 11.2. The molecule has 1 aliphatic heterocycles. The summed E-state index contributed by atoms with van der Waals surface area (Å²) in [6.07, 6.45) is 2.46. The Morgan fingerprint density at radius 1 is 1.53 bits per heavy atom.